The van der Waals surface area contributed by atoms with Crippen LogP contribution in [-0.2, 0) is 4.74 Å². The first-order valence-corrected chi connectivity index (χ1v) is 8.36. The van der Waals surface area contributed by atoms with Crippen molar-refractivity contribution < 1.29 is 4.74 Å². The molecule has 0 aliphatic carbocycles. The summed E-state index contributed by atoms with van der Waals surface area (Å²) in [7, 11) is 1.88. The Morgan fingerprint density at radius 1 is 1.08 bits per heavy atom. The number of fused-ring (bicyclic) bond motifs is 1. The molecule has 4 rings (SSSR count). The van der Waals surface area contributed by atoms with Gasteiger partial charge in [0.15, 0.2) is 0 Å². The molecule has 1 fully saturated rings. The zero-order valence-electron chi connectivity index (χ0n) is 14.1. The van der Waals surface area contributed by atoms with Crippen molar-refractivity contribution in [1.82, 2.24) is 9.66 Å². The highest BCUT2D eigenvalue weighted by Crippen LogP contribution is 2.21. The smallest absolute Gasteiger partial charge is 0.278 e. The van der Waals surface area contributed by atoms with Crippen molar-refractivity contribution in [3.8, 4) is 0 Å². The van der Waals surface area contributed by atoms with E-state index in [4.69, 9.17) is 4.74 Å². The van der Waals surface area contributed by atoms with Gasteiger partial charge in [0.1, 0.15) is 0 Å². The van der Waals surface area contributed by atoms with E-state index in [0.29, 0.717) is 5.39 Å². The number of morpholine rings is 1. The number of benzene rings is 1. The number of aromatic nitrogens is 2. The molecule has 6 heteroatoms. The maximum Gasteiger partial charge on any atom is 0.278 e. The molecule has 0 unspecified atom stereocenters. The summed E-state index contributed by atoms with van der Waals surface area (Å²) in [5.74, 6) is 0. The molecule has 6 nitrogen and oxygen atoms in total. The van der Waals surface area contributed by atoms with Crippen LogP contribution < -0.4 is 15.5 Å². The fourth-order valence-corrected chi connectivity index (χ4v) is 3.13. The molecule has 2 aromatic heterocycles. The zero-order valence-corrected chi connectivity index (χ0v) is 14.1. The Morgan fingerprint density at radius 2 is 1.84 bits per heavy atom. The van der Waals surface area contributed by atoms with Crippen molar-refractivity contribution in [3.05, 3.63) is 65.3 Å². The van der Waals surface area contributed by atoms with Gasteiger partial charge in [0.25, 0.3) is 5.56 Å². The van der Waals surface area contributed by atoms with Gasteiger partial charge in [-0.3, -0.25) is 14.8 Å². The average molecular weight is 336 g/mol. The van der Waals surface area contributed by atoms with Gasteiger partial charge in [0.2, 0.25) is 0 Å². The van der Waals surface area contributed by atoms with Gasteiger partial charge in [0, 0.05) is 44.4 Å². The molecule has 3 heterocycles. The molecule has 0 bridgehead atoms. The van der Waals surface area contributed by atoms with Crippen LogP contribution in [0.2, 0.25) is 0 Å². The summed E-state index contributed by atoms with van der Waals surface area (Å²) in [5, 5.41) is 3.35. The average Bonchev–Trinajstić information content (AvgIpc) is 2.69. The number of ether oxygens (including phenoxy) is 1. The van der Waals surface area contributed by atoms with E-state index in [9.17, 15) is 4.79 Å². The number of nitrogens with zero attached hydrogens (tertiary/aromatic N) is 4. The van der Waals surface area contributed by atoms with E-state index in [1.165, 1.54) is 5.69 Å². The molecule has 0 radical (unpaired) electrons. The highest BCUT2D eigenvalue weighted by molar-refractivity contribution is 5.80. The van der Waals surface area contributed by atoms with Gasteiger partial charge in [-0.25, -0.2) is 4.68 Å². The van der Waals surface area contributed by atoms with Gasteiger partial charge in [-0.15, -0.1) is 0 Å². The first-order valence-electron chi connectivity index (χ1n) is 8.36. The number of hydrogen-bond acceptors (Lipinski definition) is 5. The summed E-state index contributed by atoms with van der Waals surface area (Å²) in [6.07, 6.45) is 5.10. The maximum absolute atomic E-state index is 12.7. The van der Waals surface area contributed by atoms with Gasteiger partial charge in [-0.2, -0.15) is 0 Å². The molecular formula is C19H20N4O2. The van der Waals surface area contributed by atoms with Crippen molar-refractivity contribution in [2.24, 2.45) is 0 Å². The third-order valence-electron chi connectivity index (χ3n) is 4.61. The van der Waals surface area contributed by atoms with Gasteiger partial charge >= 0.3 is 0 Å². The van der Waals surface area contributed by atoms with Gasteiger partial charge < -0.3 is 9.64 Å². The van der Waals surface area contributed by atoms with E-state index in [2.05, 4.69) is 22.0 Å². The van der Waals surface area contributed by atoms with Crippen molar-refractivity contribution in [3.63, 3.8) is 0 Å². The van der Waals surface area contributed by atoms with Crippen molar-refractivity contribution in [2.75, 3.05) is 43.3 Å². The molecule has 128 valence electrons. The van der Waals surface area contributed by atoms with E-state index in [1.807, 2.05) is 36.3 Å². The first kappa shape index (κ1) is 15.7. The van der Waals surface area contributed by atoms with E-state index >= 15 is 0 Å². The molecule has 0 amide bonds. The molecule has 3 aromatic rings. The molecule has 1 aromatic carbocycles. The van der Waals surface area contributed by atoms with Crippen LogP contribution >= 0.6 is 0 Å². The molecule has 0 atom stereocenters. The molecule has 1 aliphatic rings. The standard InChI is InChI=1S/C19H20N4O2/c1-21(23-9-7-15-6-8-20-14-18(15)19(23)24)16-2-4-17(5-3-16)22-10-12-25-13-11-22/h2-9,14H,10-13H2,1H3. The first-order chi connectivity index (χ1) is 12.2. The van der Waals surface area contributed by atoms with E-state index in [-0.39, 0.29) is 5.56 Å². The van der Waals surface area contributed by atoms with Crippen LogP contribution in [0.1, 0.15) is 0 Å². The van der Waals surface area contributed by atoms with Gasteiger partial charge in [-0.1, -0.05) is 0 Å². The maximum atomic E-state index is 12.7. The van der Waals surface area contributed by atoms with E-state index in [1.54, 1.807) is 23.3 Å². The predicted octanol–water partition coefficient (Wildman–Crippen LogP) is 2.13. The Kier molecular flexibility index (Phi) is 4.11. The zero-order chi connectivity index (χ0) is 17.2. The van der Waals surface area contributed by atoms with Crippen molar-refractivity contribution >= 4 is 22.1 Å². The van der Waals surface area contributed by atoms with E-state index in [0.717, 1.165) is 37.4 Å². The minimum atomic E-state index is -0.0784. The normalized spacial score (nSPS) is 14.7. The Morgan fingerprint density at radius 3 is 2.60 bits per heavy atom. The van der Waals surface area contributed by atoms with Crippen LogP contribution in [0.3, 0.4) is 0 Å². The minimum absolute atomic E-state index is 0.0784. The lowest BCUT2D eigenvalue weighted by molar-refractivity contribution is 0.122. The topological polar surface area (TPSA) is 50.6 Å². The SMILES string of the molecule is CN(c1ccc(N2CCOCC2)cc1)n1ccc2ccncc2c1=O. The molecule has 0 saturated carbocycles. The third kappa shape index (κ3) is 2.96. The second kappa shape index (κ2) is 6.57. The predicted molar refractivity (Wildman–Crippen MR) is 99.3 cm³/mol. The fourth-order valence-electron chi connectivity index (χ4n) is 3.13. The minimum Gasteiger partial charge on any atom is -0.378 e. The second-order valence-electron chi connectivity index (χ2n) is 6.07. The number of rotatable bonds is 3. The van der Waals surface area contributed by atoms with Gasteiger partial charge in [-0.05, 0) is 41.8 Å². The summed E-state index contributed by atoms with van der Waals surface area (Å²) >= 11 is 0. The van der Waals surface area contributed by atoms with Gasteiger partial charge in [0.05, 0.1) is 24.3 Å². The second-order valence-corrected chi connectivity index (χ2v) is 6.07. The largest absolute Gasteiger partial charge is 0.378 e. The monoisotopic (exact) mass is 336 g/mol. The lowest BCUT2D eigenvalue weighted by Gasteiger charge is -2.29. The number of anilines is 2. The van der Waals surface area contributed by atoms with Crippen molar-refractivity contribution in [1.29, 1.82) is 0 Å². The van der Waals surface area contributed by atoms with E-state index < -0.39 is 0 Å². The quantitative estimate of drug-likeness (QED) is 0.733. The summed E-state index contributed by atoms with van der Waals surface area (Å²) in [4.78, 5) is 19.1. The molecular weight excluding hydrogens is 316 g/mol. The summed E-state index contributed by atoms with van der Waals surface area (Å²) < 4.78 is 7.00. The highest BCUT2D eigenvalue weighted by Gasteiger charge is 2.12. The molecule has 25 heavy (non-hydrogen) atoms. The molecule has 0 spiro atoms. The molecule has 1 saturated heterocycles. The molecule has 1 aliphatic heterocycles. The highest BCUT2D eigenvalue weighted by atomic mass is 16.5. The lowest BCUT2D eigenvalue weighted by Crippen LogP contribution is -2.36. The Balaban J connectivity index is 1.63. The molecule has 0 N–H and O–H groups in total. The summed E-state index contributed by atoms with van der Waals surface area (Å²) in [5.41, 5.74) is 2.04. The van der Waals surface area contributed by atoms with Crippen LogP contribution in [0.4, 0.5) is 11.4 Å². The fraction of sp³-hybridized carbons (Fsp3) is 0.263. The Hall–Kier alpha value is -2.86. The summed E-state index contributed by atoms with van der Waals surface area (Å²) in [6.45, 7) is 3.35. The Bertz CT molecular complexity index is 930. The number of pyridine rings is 2. The van der Waals surface area contributed by atoms with Crippen LogP contribution in [-0.4, -0.2) is 43.0 Å². The third-order valence-corrected chi connectivity index (χ3v) is 4.61. The van der Waals surface area contributed by atoms with Crippen LogP contribution in [0.15, 0.2) is 59.8 Å². The van der Waals surface area contributed by atoms with Crippen LogP contribution in [0.5, 0.6) is 0 Å². The Labute approximate surface area is 145 Å². The van der Waals surface area contributed by atoms with Crippen molar-refractivity contribution in [2.45, 2.75) is 0 Å². The van der Waals surface area contributed by atoms with Crippen LogP contribution in [0, 0.1) is 0 Å². The number of hydrogen-bond donors (Lipinski definition) is 0. The van der Waals surface area contributed by atoms with Crippen LogP contribution in [0.25, 0.3) is 10.8 Å². The summed E-state index contributed by atoms with van der Waals surface area (Å²) in [6, 6.07) is 12.0. The lowest BCUT2D eigenvalue weighted by atomic mass is 10.2.